The summed E-state index contributed by atoms with van der Waals surface area (Å²) in [4.78, 5) is 26.4. The second-order valence-corrected chi connectivity index (χ2v) is 7.29. The van der Waals surface area contributed by atoms with Gasteiger partial charge in [-0.05, 0) is 43.9 Å². The van der Waals surface area contributed by atoms with Crippen LogP contribution in [0.5, 0.6) is 0 Å². The number of benzene rings is 2. The molecule has 162 valence electrons. The Bertz CT molecular complexity index is 795. The van der Waals surface area contributed by atoms with Crippen molar-refractivity contribution >= 4 is 17.6 Å². The molecule has 0 unspecified atom stereocenters. The number of carbonyl (C=O) groups is 2. The Labute approximate surface area is 179 Å². The molecule has 6 heteroatoms. The first kappa shape index (κ1) is 23.4. The minimum absolute atomic E-state index is 0.0173. The monoisotopic (exact) mass is 411 g/mol. The molecular weight excluding hydrogens is 378 g/mol. The molecule has 0 spiro atoms. The van der Waals surface area contributed by atoms with Crippen LogP contribution in [0.15, 0.2) is 54.6 Å². The molecule has 0 radical (unpaired) electrons. The summed E-state index contributed by atoms with van der Waals surface area (Å²) in [5.41, 5.74) is 2.89. The van der Waals surface area contributed by atoms with Crippen molar-refractivity contribution in [2.24, 2.45) is 0 Å². The SMILES string of the molecule is CCCN(CC(=O)Nc1ccccc1C)C(=O)NCCCO[C@H](C)c1ccccc1. The lowest BCUT2D eigenvalue weighted by atomic mass is 10.1. The minimum Gasteiger partial charge on any atom is -0.374 e. The fraction of sp³-hybridized carbons (Fsp3) is 0.417. The Kier molecular flexibility index (Phi) is 9.87. The van der Waals surface area contributed by atoms with E-state index in [9.17, 15) is 9.59 Å². The van der Waals surface area contributed by atoms with Gasteiger partial charge in [0.1, 0.15) is 6.54 Å². The van der Waals surface area contributed by atoms with E-state index in [1.54, 1.807) is 4.90 Å². The number of hydrogen-bond donors (Lipinski definition) is 2. The fourth-order valence-electron chi connectivity index (χ4n) is 3.06. The van der Waals surface area contributed by atoms with Gasteiger partial charge in [-0.1, -0.05) is 55.5 Å². The predicted molar refractivity (Wildman–Crippen MR) is 120 cm³/mol. The van der Waals surface area contributed by atoms with Crippen molar-refractivity contribution in [1.29, 1.82) is 0 Å². The van der Waals surface area contributed by atoms with Crippen molar-refractivity contribution in [3.05, 3.63) is 65.7 Å². The maximum atomic E-state index is 12.5. The zero-order valence-electron chi connectivity index (χ0n) is 18.2. The average Bonchev–Trinajstić information content (AvgIpc) is 2.75. The van der Waals surface area contributed by atoms with Crippen molar-refractivity contribution in [2.45, 2.75) is 39.7 Å². The number of rotatable bonds is 11. The van der Waals surface area contributed by atoms with Crippen LogP contribution in [0, 0.1) is 6.92 Å². The van der Waals surface area contributed by atoms with Crippen molar-refractivity contribution < 1.29 is 14.3 Å². The molecule has 0 aliphatic carbocycles. The first-order valence-corrected chi connectivity index (χ1v) is 10.6. The average molecular weight is 412 g/mol. The Morgan fingerprint density at radius 2 is 1.77 bits per heavy atom. The Balaban J connectivity index is 1.72. The van der Waals surface area contributed by atoms with Gasteiger partial charge in [-0.2, -0.15) is 0 Å². The Hall–Kier alpha value is -2.86. The Morgan fingerprint density at radius 3 is 2.47 bits per heavy atom. The highest BCUT2D eigenvalue weighted by Gasteiger charge is 2.16. The summed E-state index contributed by atoms with van der Waals surface area (Å²) >= 11 is 0. The van der Waals surface area contributed by atoms with Gasteiger partial charge in [0, 0.05) is 25.4 Å². The van der Waals surface area contributed by atoms with Crippen LogP contribution in [0.1, 0.15) is 43.9 Å². The van der Waals surface area contributed by atoms with Crippen LogP contribution in [0.25, 0.3) is 0 Å². The summed E-state index contributed by atoms with van der Waals surface area (Å²) in [5, 5.41) is 5.77. The maximum absolute atomic E-state index is 12.5. The molecule has 3 amide bonds. The highest BCUT2D eigenvalue weighted by atomic mass is 16.5. The lowest BCUT2D eigenvalue weighted by Crippen LogP contribution is -2.44. The van der Waals surface area contributed by atoms with E-state index >= 15 is 0 Å². The summed E-state index contributed by atoms with van der Waals surface area (Å²) in [6, 6.07) is 17.4. The quantitative estimate of drug-likeness (QED) is 0.534. The smallest absolute Gasteiger partial charge is 0.317 e. The molecule has 0 aliphatic heterocycles. The zero-order chi connectivity index (χ0) is 21.8. The van der Waals surface area contributed by atoms with Crippen LogP contribution < -0.4 is 10.6 Å². The number of urea groups is 1. The zero-order valence-corrected chi connectivity index (χ0v) is 18.2. The number of hydrogen-bond acceptors (Lipinski definition) is 3. The Morgan fingerprint density at radius 1 is 1.07 bits per heavy atom. The number of carbonyl (C=O) groups excluding carboxylic acids is 2. The highest BCUT2D eigenvalue weighted by Crippen LogP contribution is 2.16. The molecule has 0 saturated carbocycles. The number of amides is 3. The van der Waals surface area contributed by atoms with Gasteiger partial charge >= 0.3 is 6.03 Å². The van der Waals surface area contributed by atoms with Crippen LogP contribution in [0.3, 0.4) is 0 Å². The number of para-hydroxylation sites is 1. The van der Waals surface area contributed by atoms with E-state index in [4.69, 9.17) is 4.74 Å². The molecule has 6 nitrogen and oxygen atoms in total. The van der Waals surface area contributed by atoms with Crippen LogP contribution in [0.2, 0.25) is 0 Å². The summed E-state index contributed by atoms with van der Waals surface area (Å²) < 4.78 is 5.83. The normalized spacial score (nSPS) is 11.6. The van der Waals surface area contributed by atoms with E-state index in [0.29, 0.717) is 26.1 Å². The van der Waals surface area contributed by atoms with Crippen molar-refractivity contribution in [3.8, 4) is 0 Å². The van der Waals surface area contributed by atoms with E-state index in [2.05, 4.69) is 10.6 Å². The van der Waals surface area contributed by atoms with Crippen LogP contribution in [0.4, 0.5) is 10.5 Å². The second-order valence-electron chi connectivity index (χ2n) is 7.29. The standard InChI is InChI=1S/C24H33N3O3/c1-4-16-27(18-23(28)26-22-14-9-8-11-19(22)2)24(29)25-15-10-17-30-20(3)21-12-6-5-7-13-21/h5-9,11-14,20H,4,10,15-18H2,1-3H3,(H,25,29)(H,26,28)/t20-/m1/s1. The molecule has 0 heterocycles. The van der Waals surface area contributed by atoms with Gasteiger partial charge in [-0.25, -0.2) is 4.79 Å². The third-order valence-electron chi connectivity index (χ3n) is 4.77. The molecule has 0 aromatic heterocycles. The van der Waals surface area contributed by atoms with E-state index in [0.717, 1.165) is 23.2 Å². The third-order valence-corrected chi connectivity index (χ3v) is 4.77. The number of anilines is 1. The third kappa shape index (κ3) is 7.87. The minimum atomic E-state index is -0.229. The topological polar surface area (TPSA) is 70.7 Å². The van der Waals surface area contributed by atoms with Gasteiger partial charge in [0.15, 0.2) is 0 Å². The van der Waals surface area contributed by atoms with Crippen molar-refractivity contribution in [1.82, 2.24) is 10.2 Å². The molecule has 0 saturated heterocycles. The van der Waals surface area contributed by atoms with E-state index in [1.807, 2.05) is 75.4 Å². The van der Waals surface area contributed by atoms with E-state index in [1.165, 1.54) is 0 Å². The van der Waals surface area contributed by atoms with Gasteiger partial charge < -0.3 is 20.3 Å². The molecule has 2 aromatic carbocycles. The molecule has 2 aromatic rings. The molecular formula is C24H33N3O3. The first-order valence-electron chi connectivity index (χ1n) is 10.6. The fourth-order valence-corrected chi connectivity index (χ4v) is 3.06. The van der Waals surface area contributed by atoms with Crippen LogP contribution in [-0.4, -0.2) is 43.1 Å². The highest BCUT2D eigenvalue weighted by molar-refractivity contribution is 5.94. The second kappa shape index (κ2) is 12.6. The van der Waals surface area contributed by atoms with Gasteiger partial charge in [0.05, 0.1) is 6.10 Å². The first-order chi connectivity index (χ1) is 14.5. The van der Waals surface area contributed by atoms with Gasteiger partial charge in [0.25, 0.3) is 0 Å². The molecule has 0 bridgehead atoms. The van der Waals surface area contributed by atoms with Crippen LogP contribution in [-0.2, 0) is 9.53 Å². The maximum Gasteiger partial charge on any atom is 0.317 e. The van der Waals surface area contributed by atoms with Gasteiger partial charge in [-0.15, -0.1) is 0 Å². The number of nitrogens with zero attached hydrogens (tertiary/aromatic N) is 1. The summed E-state index contributed by atoms with van der Waals surface area (Å²) in [6.45, 7) is 7.54. The van der Waals surface area contributed by atoms with Crippen LogP contribution >= 0.6 is 0 Å². The van der Waals surface area contributed by atoms with E-state index in [-0.39, 0.29) is 24.6 Å². The lowest BCUT2D eigenvalue weighted by Gasteiger charge is -2.22. The molecule has 2 N–H and O–H groups in total. The summed E-state index contributed by atoms with van der Waals surface area (Å²) in [7, 11) is 0. The number of aryl methyl sites for hydroxylation is 1. The summed E-state index contributed by atoms with van der Waals surface area (Å²) in [6.07, 6.45) is 1.50. The van der Waals surface area contributed by atoms with Crippen molar-refractivity contribution in [2.75, 3.05) is 31.6 Å². The molecule has 0 aliphatic rings. The number of nitrogens with one attached hydrogen (secondary N) is 2. The molecule has 30 heavy (non-hydrogen) atoms. The van der Waals surface area contributed by atoms with Gasteiger partial charge in [-0.3, -0.25) is 4.79 Å². The van der Waals surface area contributed by atoms with Gasteiger partial charge in [0.2, 0.25) is 5.91 Å². The lowest BCUT2D eigenvalue weighted by molar-refractivity contribution is -0.116. The molecule has 2 rings (SSSR count). The number of ether oxygens (including phenoxy) is 1. The molecule has 0 fully saturated rings. The molecule has 1 atom stereocenters. The van der Waals surface area contributed by atoms with E-state index < -0.39 is 0 Å². The predicted octanol–water partition coefficient (Wildman–Crippen LogP) is 4.52. The summed E-state index contributed by atoms with van der Waals surface area (Å²) in [5.74, 6) is -0.201. The van der Waals surface area contributed by atoms with Crippen molar-refractivity contribution in [3.63, 3.8) is 0 Å². The largest absolute Gasteiger partial charge is 0.374 e.